The molecule has 0 aliphatic carbocycles. The maximum absolute atomic E-state index is 4.18. The highest BCUT2D eigenvalue weighted by molar-refractivity contribution is 9.10. The van der Waals surface area contributed by atoms with Gasteiger partial charge in [0.2, 0.25) is 0 Å². The van der Waals surface area contributed by atoms with Crippen molar-refractivity contribution in [3.05, 3.63) is 63.0 Å². The first-order chi connectivity index (χ1) is 8.25. The molecule has 0 amide bonds. The lowest BCUT2D eigenvalue weighted by Crippen LogP contribution is -1.90. The van der Waals surface area contributed by atoms with Gasteiger partial charge in [-0.2, -0.15) is 5.10 Å². The molecule has 0 aliphatic heterocycles. The molecular formula is C13H10Br2N2. The van der Waals surface area contributed by atoms with E-state index in [1.54, 1.807) is 6.21 Å². The first-order valence-corrected chi connectivity index (χ1v) is 6.63. The van der Waals surface area contributed by atoms with Crippen molar-refractivity contribution in [2.24, 2.45) is 5.10 Å². The van der Waals surface area contributed by atoms with Crippen LogP contribution in [0.4, 0.5) is 5.69 Å². The molecule has 1 N–H and O–H groups in total. The van der Waals surface area contributed by atoms with Gasteiger partial charge >= 0.3 is 0 Å². The van der Waals surface area contributed by atoms with Crippen molar-refractivity contribution in [3.63, 3.8) is 0 Å². The summed E-state index contributed by atoms with van der Waals surface area (Å²) in [4.78, 5) is 0. The third kappa shape index (κ3) is 3.68. The molecule has 0 spiro atoms. The van der Waals surface area contributed by atoms with E-state index in [2.05, 4.69) is 42.4 Å². The Hall–Kier alpha value is -1.13. The van der Waals surface area contributed by atoms with Crippen molar-refractivity contribution in [2.75, 3.05) is 5.43 Å². The van der Waals surface area contributed by atoms with Gasteiger partial charge in [-0.3, -0.25) is 5.43 Å². The molecule has 0 saturated heterocycles. The minimum Gasteiger partial charge on any atom is -0.279 e. The number of hydrogen-bond acceptors (Lipinski definition) is 2. The van der Waals surface area contributed by atoms with Crippen LogP contribution in [0.3, 0.4) is 0 Å². The van der Waals surface area contributed by atoms with Crippen LogP contribution in [0.2, 0.25) is 0 Å². The van der Waals surface area contributed by atoms with Crippen LogP contribution < -0.4 is 5.43 Å². The summed E-state index contributed by atoms with van der Waals surface area (Å²) in [6.07, 6.45) is 1.78. The van der Waals surface area contributed by atoms with Crippen molar-refractivity contribution in [1.82, 2.24) is 0 Å². The average Bonchev–Trinajstić information content (AvgIpc) is 2.34. The normalized spacial score (nSPS) is 10.7. The highest BCUT2D eigenvalue weighted by Crippen LogP contribution is 2.15. The molecule has 0 heterocycles. The number of nitrogens with one attached hydrogen (secondary N) is 1. The van der Waals surface area contributed by atoms with Crippen LogP contribution in [-0.2, 0) is 0 Å². The van der Waals surface area contributed by atoms with Gasteiger partial charge < -0.3 is 0 Å². The second-order valence-corrected chi connectivity index (χ2v) is 5.17. The molecule has 17 heavy (non-hydrogen) atoms. The summed E-state index contributed by atoms with van der Waals surface area (Å²) in [5, 5.41) is 4.18. The van der Waals surface area contributed by atoms with Gasteiger partial charge in [-0.15, -0.1) is 0 Å². The molecule has 2 aromatic carbocycles. The molecule has 2 aromatic rings. The molecule has 2 nitrogen and oxygen atoms in total. The highest BCUT2D eigenvalue weighted by atomic mass is 79.9. The van der Waals surface area contributed by atoms with Gasteiger partial charge in [0.25, 0.3) is 0 Å². The van der Waals surface area contributed by atoms with Gasteiger partial charge in [0.05, 0.1) is 11.9 Å². The first kappa shape index (κ1) is 12.3. The highest BCUT2D eigenvalue weighted by Gasteiger charge is 1.93. The van der Waals surface area contributed by atoms with Crippen molar-refractivity contribution in [1.29, 1.82) is 0 Å². The lowest BCUT2D eigenvalue weighted by atomic mass is 10.2. The van der Waals surface area contributed by atoms with Gasteiger partial charge in [0.15, 0.2) is 0 Å². The Kier molecular flexibility index (Phi) is 4.34. The zero-order chi connectivity index (χ0) is 12.1. The van der Waals surface area contributed by atoms with Gasteiger partial charge in [-0.05, 0) is 30.3 Å². The van der Waals surface area contributed by atoms with Crippen LogP contribution in [0, 0.1) is 0 Å². The Morgan fingerprint density at radius 1 is 0.941 bits per heavy atom. The third-order valence-corrected chi connectivity index (χ3v) is 3.40. The standard InChI is InChI=1S/C13H10Br2N2/c14-11-5-7-12(8-6-11)17-16-9-10-3-1-2-4-13(10)15/h1-9,17H. The number of nitrogens with zero attached hydrogens (tertiary/aromatic N) is 1. The number of anilines is 1. The zero-order valence-corrected chi connectivity index (χ0v) is 12.1. The molecule has 4 heteroatoms. The molecule has 0 unspecified atom stereocenters. The van der Waals surface area contributed by atoms with Gasteiger partial charge in [0, 0.05) is 14.5 Å². The molecule has 0 fully saturated rings. The fourth-order valence-electron chi connectivity index (χ4n) is 1.28. The summed E-state index contributed by atoms with van der Waals surface area (Å²) in [5.41, 5.74) is 4.97. The molecule has 0 bridgehead atoms. The smallest absolute Gasteiger partial charge is 0.0562 e. The summed E-state index contributed by atoms with van der Waals surface area (Å²) in [6.45, 7) is 0. The quantitative estimate of drug-likeness (QED) is 0.630. The molecule has 0 atom stereocenters. The van der Waals surface area contributed by atoms with Crippen LogP contribution >= 0.6 is 31.9 Å². The Morgan fingerprint density at radius 3 is 2.35 bits per heavy atom. The number of hydrogen-bond donors (Lipinski definition) is 1. The first-order valence-electron chi connectivity index (χ1n) is 5.05. The fourth-order valence-corrected chi connectivity index (χ4v) is 1.93. The SMILES string of the molecule is Brc1ccc(NN=Cc2ccccc2Br)cc1. The molecule has 2 rings (SSSR count). The number of rotatable bonds is 3. The summed E-state index contributed by atoms with van der Waals surface area (Å²) < 4.78 is 2.08. The van der Waals surface area contributed by atoms with Crippen molar-refractivity contribution in [2.45, 2.75) is 0 Å². The van der Waals surface area contributed by atoms with E-state index in [9.17, 15) is 0 Å². The number of hydrazone groups is 1. The van der Waals surface area contributed by atoms with Gasteiger partial charge in [0.1, 0.15) is 0 Å². The third-order valence-electron chi connectivity index (χ3n) is 2.15. The Labute approximate surface area is 117 Å². The summed E-state index contributed by atoms with van der Waals surface area (Å²) in [5.74, 6) is 0. The summed E-state index contributed by atoms with van der Waals surface area (Å²) >= 11 is 6.85. The van der Waals surface area contributed by atoms with E-state index in [0.29, 0.717) is 0 Å². The lowest BCUT2D eigenvalue weighted by molar-refractivity contribution is 1.34. The summed E-state index contributed by atoms with van der Waals surface area (Å²) in [6, 6.07) is 15.8. The van der Waals surface area contributed by atoms with E-state index in [-0.39, 0.29) is 0 Å². The molecule has 0 saturated carbocycles. The predicted octanol–water partition coefficient (Wildman–Crippen LogP) is 4.66. The van der Waals surface area contributed by atoms with Crippen LogP contribution in [0.1, 0.15) is 5.56 Å². The average molecular weight is 354 g/mol. The zero-order valence-electron chi connectivity index (χ0n) is 8.90. The van der Waals surface area contributed by atoms with E-state index >= 15 is 0 Å². The van der Waals surface area contributed by atoms with Crippen LogP contribution in [0.15, 0.2) is 62.6 Å². The largest absolute Gasteiger partial charge is 0.279 e. The van der Waals surface area contributed by atoms with Gasteiger partial charge in [-0.25, -0.2) is 0 Å². The number of halogens is 2. The van der Waals surface area contributed by atoms with E-state index in [0.717, 1.165) is 20.2 Å². The van der Waals surface area contributed by atoms with Gasteiger partial charge in [-0.1, -0.05) is 50.1 Å². The minimum absolute atomic E-state index is 0.955. The predicted molar refractivity (Wildman–Crippen MR) is 79.5 cm³/mol. The Morgan fingerprint density at radius 2 is 1.65 bits per heavy atom. The topological polar surface area (TPSA) is 24.4 Å². The second kappa shape index (κ2) is 5.98. The van der Waals surface area contributed by atoms with Crippen LogP contribution in [0.25, 0.3) is 0 Å². The summed E-state index contributed by atoms with van der Waals surface area (Å²) in [7, 11) is 0. The fraction of sp³-hybridized carbons (Fsp3) is 0. The van der Waals surface area contributed by atoms with Crippen molar-refractivity contribution >= 4 is 43.8 Å². The maximum Gasteiger partial charge on any atom is 0.0562 e. The monoisotopic (exact) mass is 352 g/mol. The second-order valence-electron chi connectivity index (χ2n) is 3.40. The van der Waals surface area contributed by atoms with Crippen LogP contribution in [0.5, 0.6) is 0 Å². The van der Waals surface area contributed by atoms with Crippen molar-refractivity contribution in [3.8, 4) is 0 Å². The molecule has 0 aromatic heterocycles. The number of benzene rings is 2. The lowest BCUT2D eigenvalue weighted by Gasteiger charge is -2.00. The van der Waals surface area contributed by atoms with Crippen molar-refractivity contribution < 1.29 is 0 Å². The van der Waals surface area contributed by atoms with E-state index < -0.39 is 0 Å². The molecule has 86 valence electrons. The minimum atomic E-state index is 0.955. The Balaban J connectivity index is 2.03. The molecular weight excluding hydrogens is 344 g/mol. The molecule has 0 aliphatic rings. The maximum atomic E-state index is 4.18. The van der Waals surface area contributed by atoms with Crippen LogP contribution in [-0.4, -0.2) is 6.21 Å². The van der Waals surface area contributed by atoms with E-state index in [1.807, 2.05) is 48.5 Å². The molecule has 0 radical (unpaired) electrons. The Bertz CT molecular complexity index is 521. The van der Waals surface area contributed by atoms with E-state index in [1.165, 1.54) is 0 Å². The van der Waals surface area contributed by atoms with E-state index in [4.69, 9.17) is 0 Å².